The van der Waals surface area contributed by atoms with Gasteiger partial charge in [-0.1, -0.05) is 117 Å². The summed E-state index contributed by atoms with van der Waals surface area (Å²) >= 11 is 7.25. The highest BCUT2D eigenvalue weighted by Gasteiger charge is 2.46. The minimum Gasteiger partial charge on any atom is -0.0619 e. The maximum atomic E-state index is 3.63. The maximum absolute atomic E-state index is 3.63. The zero-order chi connectivity index (χ0) is 21.0. The molecule has 31 heavy (non-hydrogen) atoms. The molecule has 0 atom stereocenters. The van der Waals surface area contributed by atoms with Crippen molar-refractivity contribution < 1.29 is 0 Å². The third-order valence-electron chi connectivity index (χ3n) is 6.49. The Balaban J connectivity index is 1.82. The van der Waals surface area contributed by atoms with Crippen LogP contribution in [0.25, 0.3) is 21.9 Å². The number of hydrogen-bond donors (Lipinski definition) is 0. The Bertz CT molecular complexity index is 1390. The lowest BCUT2D eigenvalue weighted by molar-refractivity contribution is 0.768. The van der Waals surface area contributed by atoms with E-state index in [0.29, 0.717) is 0 Å². The molecular formula is C29H18Br2. The van der Waals surface area contributed by atoms with Crippen LogP contribution >= 0.6 is 31.9 Å². The summed E-state index contributed by atoms with van der Waals surface area (Å²) in [5.74, 6) is 0. The van der Waals surface area contributed by atoms with E-state index in [1.165, 1.54) is 44.2 Å². The smallest absolute Gasteiger partial charge is 0.0619 e. The van der Waals surface area contributed by atoms with Crippen molar-refractivity contribution in [2.45, 2.75) is 5.41 Å². The Kier molecular flexibility index (Phi) is 4.41. The molecule has 1 aliphatic rings. The quantitative estimate of drug-likeness (QED) is 0.212. The van der Waals surface area contributed by atoms with Crippen molar-refractivity contribution >= 4 is 42.6 Å². The van der Waals surface area contributed by atoms with Crippen LogP contribution in [0.3, 0.4) is 0 Å². The molecule has 0 saturated heterocycles. The Morgan fingerprint density at radius 1 is 0.484 bits per heavy atom. The fraction of sp³-hybridized carbons (Fsp3) is 0.0345. The summed E-state index contributed by atoms with van der Waals surface area (Å²) in [6, 6.07) is 39.9. The van der Waals surface area contributed by atoms with Gasteiger partial charge in [-0.3, -0.25) is 0 Å². The van der Waals surface area contributed by atoms with Crippen molar-refractivity contribution in [3.63, 3.8) is 0 Å². The van der Waals surface area contributed by atoms with Crippen molar-refractivity contribution in [1.82, 2.24) is 0 Å². The molecule has 0 heterocycles. The fourth-order valence-corrected chi connectivity index (χ4v) is 5.76. The first-order valence-corrected chi connectivity index (χ1v) is 11.9. The lowest BCUT2D eigenvalue weighted by Crippen LogP contribution is -2.28. The second kappa shape index (κ2) is 7.19. The van der Waals surface area contributed by atoms with Gasteiger partial charge in [-0.25, -0.2) is 0 Å². The summed E-state index contributed by atoms with van der Waals surface area (Å²) in [5.41, 5.74) is 7.54. The molecular weight excluding hydrogens is 508 g/mol. The lowest BCUT2D eigenvalue weighted by atomic mass is 9.67. The van der Waals surface area contributed by atoms with Crippen LogP contribution in [0, 0.1) is 0 Å². The Hall–Kier alpha value is -2.68. The summed E-state index contributed by atoms with van der Waals surface area (Å²) in [6.45, 7) is 0. The minimum absolute atomic E-state index is 0.364. The fourth-order valence-electron chi connectivity index (χ4n) is 5.24. The largest absolute Gasteiger partial charge is 0.0713 e. The zero-order valence-electron chi connectivity index (χ0n) is 16.6. The van der Waals surface area contributed by atoms with E-state index in [1.54, 1.807) is 0 Å². The second-order valence-electron chi connectivity index (χ2n) is 8.02. The summed E-state index contributed by atoms with van der Waals surface area (Å²) in [4.78, 5) is 0. The predicted molar refractivity (Wildman–Crippen MR) is 137 cm³/mol. The molecule has 0 radical (unpaired) electrons. The van der Waals surface area contributed by atoms with Crippen LogP contribution in [0.1, 0.15) is 22.3 Å². The molecule has 2 heteroatoms. The van der Waals surface area contributed by atoms with E-state index >= 15 is 0 Å². The van der Waals surface area contributed by atoms with Crippen molar-refractivity contribution in [3.05, 3.63) is 140 Å². The molecule has 0 amide bonds. The van der Waals surface area contributed by atoms with E-state index in [1.807, 2.05) is 0 Å². The average Bonchev–Trinajstić information content (AvgIpc) is 3.12. The highest BCUT2D eigenvalue weighted by molar-refractivity contribution is 9.10. The van der Waals surface area contributed by atoms with E-state index in [0.717, 1.165) is 8.95 Å². The Labute approximate surface area is 198 Å². The van der Waals surface area contributed by atoms with Crippen molar-refractivity contribution in [2.75, 3.05) is 0 Å². The van der Waals surface area contributed by atoms with Crippen molar-refractivity contribution in [1.29, 1.82) is 0 Å². The molecule has 0 saturated carbocycles. The first kappa shape index (κ1) is 19.0. The summed E-state index contributed by atoms with van der Waals surface area (Å²) in [5, 5.41) is 2.59. The van der Waals surface area contributed by atoms with Gasteiger partial charge in [0.05, 0.1) is 5.41 Å². The second-order valence-corrected chi connectivity index (χ2v) is 9.85. The van der Waals surface area contributed by atoms with Gasteiger partial charge in [0.2, 0.25) is 0 Å². The number of benzene rings is 5. The SMILES string of the molecule is Brc1ccc(C2(c3ccc(Br)cc3)c3ccccc3-c3c2ccc2ccccc32)cc1. The van der Waals surface area contributed by atoms with Crippen LogP contribution in [-0.2, 0) is 5.41 Å². The molecule has 5 aromatic carbocycles. The predicted octanol–water partition coefficient (Wildman–Crippen LogP) is 8.73. The van der Waals surface area contributed by atoms with Gasteiger partial charge < -0.3 is 0 Å². The number of fused-ring (bicyclic) bond motifs is 5. The third kappa shape index (κ3) is 2.71. The van der Waals surface area contributed by atoms with Crippen LogP contribution in [0.15, 0.2) is 118 Å². The van der Waals surface area contributed by atoms with Gasteiger partial charge in [0.15, 0.2) is 0 Å². The first-order chi connectivity index (χ1) is 15.2. The molecule has 5 aromatic rings. The molecule has 0 spiro atoms. The van der Waals surface area contributed by atoms with E-state index in [9.17, 15) is 0 Å². The van der Waals surface area contributed by atoms with Gasteiger partial charge in [0.25, 0.3) is 0 Å². The molecule has 6 rings (SSSR count). The monoisotopic (exact) mass is 524 g/mol. The molecule has 0 aliphatic heterocycles. The minimum atomic E-state index is -0.364. The first-order valence-electron chi connectivity index (χ1n) is 10.3. The normalized spacial score (nSPS) is 13.7. The van der Waals surface area contributed by atoms with E-state index in [2.05, 4.69) is 141 Å². The van der Waals surface area contributed by atoms with Crippen LogP contribution in [-0.4, -0.2) is 0 Å². The molecule has 0 aromatic heterocycles. The molecule has 148 valence electrons. The summed E-state index contributed by atoms with van der Waals surface area (Å²) in [6.07, 6.45) is 0. The third-order valence-corrected chi connectivity index (χ3v) is 7.55. The van der Waals surface area contributed by atoms with Gasteiger partial charge in [-0.05, 0) is 68.4 Å². The van der Waals surface area contributed by atoms with E-state index in [-0.39, 0.29) is 5.41 Å². The van der Waals surface area contributed by atoms with Gasteiger partial charge in [0.1, 0.15) is 0 Å². The molecule has 0 bridgehead atoms. The lowest BCUT2D eigenvalue weighted by Gasteiger charge is -2.34. The average molecular weight is 526 g/mol. The van der Waals surface area contributed by atoms with Gasteiger partial charge in [-0.2, -0.15) is 0 Å². The zero-order valence-corrected chi connectivity index (χ0v) is 19.8. The van der Waals surface area contributed by atoms with E-state index < -0.39 is 0 Å². The van der Waals surface area contributed by atoms with E-state index in [4.69, 9.17) is 0 Å². The van der Waals surface area contributed by atoms with Crippen molar-refractivity contribution in [3.8, 4) is 11.1 Å². The highest BCUT2D eigenvalue weighted by atomic mass is 79.9. The van der Waals surface area contributed by atoms with Gasteiger partial charge >= 0.3 is 0 Å². The molecule has 0 nitrogen and oxygen atoms in total. The number of hydrogen-bond acceptors (Lipinski definition) is 0. The van der Waals surface area contributed by atoms with Crippen LogP contribution < -0.4 is 0 Å². The van der Waals surface area contributed by atoms with Crippen LogP contribution in [0.4, 0.5) is 0 Å². The van der Waals surface area contributed by atoms with Crippen LogP contribution in [0.2, 0.25) is 0 Å². The standard InChI is InChI=1S/C29H18Br2/c30-22-14-10-20(11-15-22)29(21-12-16-23(31)17-13-21)26-8-4-3-7-25(26)28-24-6-2-1-5-19(24)9-18-27(28)29/h1-18H. The number of rotatable bonds is 2. The topological polar surface area (TPSA) is 0 Å². The summed E-state index contributed by atoms with van der Waals surface area (Å²) in [7, 11) is 0. The Morgan fingerprint density at radius 2 is 1.06 bits per heavy atom. The number of halogens is 2. The van der Waals surface area contributed by atoms with Crippen LogP contribution in [0.5, 0.6) is 0 Å². The van der Waals surface area contributed by atoms with Gasteiger partial charge in [-0.15, -0.1) is 0 Å². The Morgan fingerprint density at radius 3 is 1.74 bits per heavy atom. The summed E-state index contributed by atoms with van der Waals surface area (Å²) < 4.78 is 2.18. The molecule has 1 aliphatic carbocycles. The van der Waals surface area contributed by atoms with Crippen molar-refractivity contribution in [2.24, 2.45) is 0 Å². The molecule has 0 unspecified atom stereocenters. The van der Waals surface area contributed by atoms with Gasteiger partial charge in [0, 0.05) is 8.95 Å². The highest BCUT2D eigenvalue weighted by Crippen LogP contribution is 2.57. The maximum Gasteiger partial charge on any atom is 0.0713 e. The molecule has 0 N–H and O–H groups in total. The molecule has 0 fully saturated rings.